The van der Waals surface area contributed by atoms with E-state index in [-0.39, 0.29) is 11.4 Å². The zero-order chi connectivity index (χ0) is 17.3. The number of hydrogen-bond donors (Lipinski definition) is 1. The molecule has 1 aromatic carbocycles. The molecule has 0 fully saturated rings. The van der Waals surface area contributed by atoms with Crippen LogP contribution in [0.15, 0.2) is 17.1 Å². The Morgan fingerprint density at radius 1 is 1.39 bits per heavy atom. The van der Waals surface area contributed by atoms with Gasteiger partial charge in [-0.15, -0.1) is 0 Å². The van der Waals surface area contributed by atoms with E-state index in [9.17, 15) is 21.6 Å². The number of sulfonamides is 1. The Morgan fingerprint density at radius 3 is 2.65 bits per heavy atom. The Bertz CT molecular complexity index is 702. The minimum atomic E-state index is -4.81. The van der Waals surface area contributed by atoms with Gasteiger partial charge in [0.25, 0.3) is 0 Å². The number of halogens is 3. The Hall–Kier alpha value is -1.77. The zero-order valence-electron chi connectivity index (χ0n) is 12.7. The fraction of sp³-hybridized carbons (Fsp3) is 0.500. The second-order valence-electron chi connectivity index (χ2n) is 5.32. The van der Waals surface area contributed by atoms with Gasteiger partial charge in [-0.2, -0.15) is 13.2 Å². The van der Waals surface area contributed by atoms with E-state index in [2.05, 4.69) is 11.7 Å². The molecule has 5 nitrogen and oxygen atoms in total. The van der Waals surface area contributed by atoms with Crippen molar-refractivity contribution in [3.63, 3.8) is 0 Å². The molecule has 1 aliphatic heterocycles. The smallest absolute Gasteiger partial charge is 0.372 e. The monoisotopic (exact) mass is 349 g/mol. The average molecular weight is 349 g/mol. The fourth-order valence-corrected chi connectivity index (χ4v) is 3.66. The number of fused-ring (bicyclic) bond motifs is 1. The molecule has 1 heterocycles. The average Bonchev–Trinajstić information content (AvgIpc) is 2.42. The minimum Gasteiger partial charge on any atom is -0.372 e. The molecule has 23 heavy (non-hydrogen) atoms. The van der Waals surface area contributed by atoms with Crippen LogP contribution in [0.25, 0.3) is 0 Å². The molecule has 0 radical (unpaired) electrons. The van der Waals surface area contributed by atoms with Gasteiger partial charge in [-0.05, 0) is 44.2 Å². The lowest BCUT2D eigenvalue weighted by Crippen LogP contribution is -2.30. The van der Waals surface area contributed by atoms with Gasteiger partial charge >= 0.3 is 6.18 Å². The summed E-state index contributed by atoms with van der Waals surface area (Å²) < 4.78 is 62.5. The predicted molar refractivity (Wildman–Crippen MR) is 85.3 cm³/mol. The highest BCUT2D eigenvalue weighted by Crippen LogP contribution is 2.37. The van der Waals surface area contributed by atoms with Gasteiger partial charge in [-0.1, -0.05) is 0 Å². The molecular formula is C14H18F3N3O2S. The van der Waals surface area contributed by atoms with E-state index >= 15 is 0 Å². The van der Waals surface area contributed by atoms with Gasteiger partial charge in [0.15, 0.2) is 5.75 Å². The summed E-state index contributed by atoms with van der Waals surface area (Å²) in [6.45, 7) is 6.87. The lowest BCUT2D eigenvalue weighted by molar-refractivity contribution is -0.106. The summed E-state index contributed by atoms with van der Waals surface area (Å²) in [5, 5.41) is 0. The molecule has 1 aliphatic rings. The molecule has 9 heteroatoms. The molecule has 0 atom stereocenters. The molecule has 0 aliphatic carbocycles. The Morgan fingerprint density at radius 2 is 2.09 bits per heavy atom. The van der Waals surface area contributed by atoms with Gasteiger partial charge in [0, 0.05) is 18.8 Å². The van der Waals surface area contributed by atoms with Crippen LogP contribution in [0.4, 0.5) is 30.2 Å². The highest BCUT2D eigenvalue weighted by atomic mass is 32.2. The molecule has 0 unspecified atom stereocenters. The van der Waals surface area contributed by atoms with Gasteiger partial charge in [0.05, 0.1) is 11.4 Å². The summed E-state index contributed by atoms with van der Waals surface area (Å²) in [7, 11) is -4.56. The Labute approximate surface area is 133 Å². The van der Waals surface area contributed by atoms with Crippen molar-refractivity contribution in [2.75, 3.05) is 28.5 Å². The second kappa shape index (κ2) is 6.38. The number of hydrogen-bond acceptors (Lipinski definition) is 4. The van der Waals surface area contributed by atoms with E-state index in [1.165, 1.54) is 6.07 Å². The Kier molecular flexibility index (Phi) is 4.88. The third-order valence-corrected chi connectivity index (χ3v) is 4.82. The van der Waals surface area contributed by atoms with Crippen molar-refractivity contribution in [1.29, 1.82) is 0 Å². The van der Waals surface area contributed by atoms with Crippen molar-refractivity contribution in [1.82, 2.24) is 0 Å². The largest absolute Gasteiger partial charge is 0.404 e. The molecule has 0 saturated heterocycles. The van der Waals surface area contributed by atoms with Crippen LogP contribution in [0.5, 0.6) is 0 Å². The number of nitrogens with zero attached hydrogens (tertiary/aromatic N) is 2. The number of rotatable bonds is 5. The molecule has 0 aromatic heterocycles. The van der Waals surface area contributed by atoms with E-state index in [1.54, 1.807) is 6.07 Å². The van der Waals surface area contributed by atoms with Gasteiger partial charge in [0.2, 0.25) is 10.0 Å². The topological polar surface area (TPSA) is 61.8 Å². The third-order valence-electron chi connectivity index (χ3n) is 3.58. The maximum Gasteiger partial charge on any atom is 0.404 e. The van der Waals surface area contributed by atoms with Gasteiger partial charge in [-0.3, -0.25) is 9.71 Å². The summed E-state index contributed by atoms with van der Waals surface area (Å²) in [6.07, 6.45) is -3.04. The highest BCUT2D eigenvalue weighted by Gasteiger charge is 2.35. The standard InChI is InChI=1S/C14H18F3N3O2S/c1-3-20-6-4-5-10-7-11(18-2)12(8-13(10)20)19-23(21,22)9-14(15,16)17/h7-8,19H,2-6,9H2,1H3. The van der Waals surface area contributed by atoms with Crippen molar-refractivity contribution in [3.8, 4) is 0 Å². The van der Waals surface area contributed by atoms with Crippen molar-refractivity contribution < 1.29 is 21.6 Å². The van der Waals surface area contributed by atoms with Crippen LogP contribution in [0.1, 0.15) is 18.9 Å². The lowest BCUT2D eigenvalue weighted by atomic mass is 10.00. The molecular weight excluding hydrogens is 331 g/mol. The molecule has 128 valence electrons. The molecule has 0 bridgehead atoms. The summed E-state index contributed by atoms with van der Waals surface area (Å²) in [5.74, 6) is -1.94. The van der Waals surface area contributed by atoms with Crippen LogP contribution >= 0.6 is 0 Å². The Balaban J connectivity index is 2.40. The molecule has 1 N–H and O–H groups in total. The van der Waals surface area contributed by atoms with Gasteiger partial charge in [-0.25, -0.2) is 8.42 Å². The number of aliphatic imine (C=N–C) groups is 1. The van der Waals surface area contributed by atoms with E-state index in [4.69, 9.17) is 0 Å². The van der Waals surface area contributed by atoms with Crippen LogP contribution < -0.4 is 9.62 Å². The predicted octanol–water partition coefficient (Wildman–Crippen LogP) is 3.10. The van der Waals surface area contributed by atoms with Crippen molar-refractivity contribution >= 4 is 33.8 Å². The third kappa shape index (κ3) is 4.37. The maximum atomic E-state index is 12.4. The van der Waals surface area contributed by atoms with Crippen LogP contribution in [0.2, 0.25) is 0 Å². The van der Waals surface area contributed by atoms with Crippen LogP contribution in [-0.4, -0.2) is 40.2 Å². The van der Waals surface area contributed by atoms with E-state index in [1.807, 2.05) is 16.5 Å². The van der Waals surface area contributed by atoms with E-state index in [0.29, 0.717) is 0 Å². The first-order chi connectivity index (χ1) is 10.6. The number of aryl methyl sites for hydroxylation is 1. The normalized spacial score (nSPS) is 15.2. The second-order valence-corrected chi connectivity index (χ2v) is 7.04. The quantitative estimate of drug-likeness (QED) is 0.831. The first kappa shape index (κ1) is 17.6. The first-order valence-corrected chi connectivity index (χ1v) is 8.76. The van der Waals surface area contributed by atoms with E-state index in [0.717, 1.165) is 37.2 Å². The molecule has 0 spiro atoms. The SMILES string of the molecule is C=Nc1cc2c(cc1NS(=O)(=O)CC(F)(F)F)N(CC)CCC2. The van der Waals surface area contributed by atoms with E-state index < -0.39 is 22.0 Å². The summed E-state index contributed by atoms with van der Waals surface area (Å²) >= 11 is 0. The van der Waals surface area contributed by atoms with Crippen LogP contribution in [-0.2, 0) is 16.4 Å². The first-order valence-electron chi connectivity index (χ1n) is 7.11. The molecule has 0 saturated carbocycles. The number of alkyl halides is 3. The minimum absolute atomic E-state index is 0.0170. The number of benzene rings is 1. The van der Waals surface area contributed by atoms with Crippen LogP contribution in [0.3, 0.4) is 0 Å². The van der Waals surface area contributed by atoms with Crippen molar-refractivity contribution in [2.24, 2.45) is 4.99 Å². The zero-order valence-corrected chi connectivity index (χ0v) is 13.5. The molecule has 1 aromatic rings. The van der Waals surface area contributed by atoms with Crippen molar-refractivity contribution in [2.45, 2.75) is 25.9 Å². The van der Waals surface area contributed by atoms with Gasteiger partial charge < -0.3 is 4.90 Å². The molecule has 0 amide bonds. The fourth-order valence-electron chi connectivity index (χ4n) is 2.66. The lowest BCUT2D eigenvalue weighted by Gasteiger charge is -2.31. The number of nitrogens with one attached hydrogen (secondary N) is 1. The summed E-state index contributed by atoms with van der Waals surface area (Å²) in [4.78, 5) is 5.78. The highest BCUT2D eigenvalue weighted by molar-refractivity contribution is 7.92. The maximum absolute atomic E-state index is 12.4. The summed E-state index contributed by atoms with van der Waals surface area (Å²) in [6, 6.07) is 3.21. The molecule has 2 rings (SSSR count). The summed E-state index contributed by atoms with van der Waals surface area (Å²) in [5.41, 5.74) is 2.05. The van der Waals surface area contributed by atoms with Crippen molar-refractivity contribution in [3.05, 3.63) is 17.7 Å². The van der Waals surface area contributed by atoms with Gasteiger partial charge in [0.1, 0.15) is 0 Å². The van der Waals surface area contributed by atoms with Crippen LogP contribution in [0, 0.1) is 0 Å². The number of anilines is 2.